The van der Waals surface area contributed by atoms with E-state index in [1.807, 2.05) is 48.7 Å². The zero-order chi connectivity index (χ0) is 23.1. The van der Waals surface area contributed by atoms with E-state index in [0.29, 0.717) is 25.6 Å². The summed E-state index contributed by atoms with van der Waals surface area (Å²) in [5.41, 5.74) is 3.35. The van der Waals surface area contributed by atoms with Crippen LogP contribution in [0.2, 0.25) is 5.02 Å². The fraction of sp³-hybridized carbons (Fsp3) is 0.160. The van der Waals surface area contributed by atoms with Gasteiger partial charge >= 0.3 is 5.97 Å². The van der Waals surface area contributed by atoms with Gasteiger partial charge in [-0.05, 0) is 43.7 Å². The summed E-state index contributed by atoms with van der Waals surface area (Å²) in [5.74, 6) is -0.482. The number of benzene rings is 2. The van der Waals surface area contributed by atoms with Gasteiger partial charge in [0.15, 0.2) is 4.80 Å². The highest BCUT2D eigenvalue weighted by atomic mass is 35.5. The van der Waals surface area contributed by atoms with Gasteiger partial charge in [-0.2, -0.15) is 0 Å². The number of esters is 1. The van der Waals surface area contributed by atoms with Gasteiger partial charge in [-0.3, -0.25) is 9.36 Å². The summed E-state index contributed by atoms with van der Waals surface area (Å²) in [5, 5.41) is 1.60. The average molecular weight is 478 g/mol. The molecule has 0 fully saturated rings. The Balaban J connectivity index is 1.74. The molecule has 0 saturated carbocycles. The fourth-order valence-electron chi connectivity index (χ4n) is 4.11. The molecule has 0 bridgehead atoms. The molecule has 5 rings (SSSR count). The Morgan fingerprint density at radius 2 is 2.00 bits per heavy atom. The molecule has 0 aliphatic carbocycles. The number of halogens is 1. The molecule has 1 aliphatic heterocycles. The number of hydrogen-bond acceptors (Lipinski definition) is 5. The van der Waals surface area contributed by atoms with E-state index < -0.39 is 12.0 Å². The van der Waals surface area contributed by atoms with E-state index in [4.69, 9.17) is 16.3 Å². The minimum Gasteiger partial charge on any atom is -0.463 e. The Bertz CT molecular complexity index is 1590. The monoisotopic (exact) mass is 477 g/mol. The lowest BCUT2D eigenvalue weighted by atomic mass is 9.96. The van der Waals surface area contributed by atoms with E-state index >= 15 is 0 Å². The van der Waals surface area contributed by atoms with Crippen molar-refractivity contribution in [2.75, 3.05) is 6.61 Å². The third-order valence-electron chi connectivity index (χ3n) is 5.61. The lowest BCUT2D eigenvalue weighted by Gasteiger charge is -2.24. The number of para-hydroxylation sites is 1. The molecule has 0 saturated heterocycles. The van der Waals surface area contributed by atoms with Crippen molar-refractivity contribution < 1.29 is 9.53 Å². The minimum atomic E-state index is -0.650. The molecule has 4 aromatic rings. The maximum atomic E-state index is 13.6. The molecule has 8 heteroatoms. The summed E-state index contributed by atoms with van der Waals surface area (Å²) in [6, 6.07) is 14.4. The van der Waals surface area contributed by atoms with Crippen LogP contribution >= 0.6 is 22.9 Å². The number of allylic oxidation sites excluding steroid dienone is 1. The maximum absolute atomic E-state index is 13.6. The van der Waals surface area contributed by atoms with E-state index in [9.17, 15) is 9.59 Å². The third-order valence-corrected chi connectivity index (χ3v) is 6.85. The van der Waals surface area contributed by atoms with E-state index in [2.05, 4.69) is 9.98 Å². The zero-order valence-corrected chi connectivity index (χ0v) is 19.5. The van der Waals surface area contributed by atoms with Crippen molar-refractivity contribution in [3.8, 4) is 0 Å². The Hall–Kier alpha value is -3.42. The van der Waals surface area contributed by atoms with Crippen molar-refractivity contribution in [1.29, 1.82) is 0 Å². The number of nitrogens with one attached hydrogen (secondary N) is 1. The standard InChI is InChI=1S/C25H20ClN3O3S/c1-3-32-24(31)21-14(2)28-25-29(22(21)15-8-10-17(26)11-9-15)23(30)20(33-25)12-16-13-27-19-7-5-4-6-18(16)19/h4-13,22,27H,3H2,1-2H3/b20-12+/t22-/m0/s1. The Morgan fingerprint density at radius 3 is 2.76 bits per heavy atom. The summed E-state index contributed by atoms with van der Waals surface area (Å²) in [6.07, 6.45) is 3.75. The first kappa shape index (κ1) is 21.4. The first-order valence-corrected chi connectivity index (χ1v) is 11.7. The number of aromatic amines is 1. The van der Waals surface area contributed by atoms with Crippen molar-refractivity contribution in [2.45, 2.75) is 19.9 Å². The molecule has 166 valence electrons. The normalized spacial score (nSPS) is 16.1. The van der Waals surface area contributed by atoms with E-state index in [0.717, 1.165) is 22.0 Å². The molecule has 1 atom stereocenters. The van der Waals surface area contributed by atoms with Crippen LogP contribution in [-0.2, 0) is 9.53 Å². The average Bonchev–Trinajstić information content (AvgIpc) is 3.35. The molecule has 6 nitrogen and oxygen atoms in total. The molecule has 0 amide bonds. The molecule has 0 spiro atoms. The summed E-state index contributed by atoms with van der Waals surface area (Å²) in [6.45, 7) is 3.75. The predicted octanol–water partition coefficient (Wildman–Crippen LogP) is 3.93. The molecule has 1 aliphatic rings. The van der Waals surface area contributed by atoms with Crippen LogP contribution in [0.3, 0.4) is 0 Å². The first-order chi connectivity index (χ1) is 16.0. The third kappa shape index (κ3) is 3.73. The SMILES string of the molecule is CCOC(=O)C1=C(C)N=c2s/c(=C/c3c[nH]c4ccccc34)c(=O)n2[C@H]1c1ccc(Cl)cc1. The van der Waals surface area contributed by atoms with E-state index in [1.165, 1.54) is 11.3 Å². The van der Waals surface area contributed by atoms with Crippen LogP contribution in [0.5, 0.6) is 0 Å². The lowest BCUT2D eigenvalue weighted by molar-refractivity contribution is -0.139. The maximum Gasteiger partial charge on any atom is 0.338 e. The van der Waals surface area contributed by atoms with Crippen LogP contribution in [0, 0.1) is 0 Å². The number of nitrogens with zero attached hydrogens (tertiary/aromatic N) is 2. The van der Waals surface area contributed by atoms with Crippen LogP contribution in [0.15, 0.2) is 75.8 Å². The molecule has 2 aromatic heterocycles. The summed E-state index contributed by atoms with van der Waals surface area (Å²) < 4.78 is 7.43. The smallest absolute Gasteiger partial charge is 0.338 e. The molecule has 1 N–H and O–H groups in total. The van der Waals surface area contributed by atoms with Crippen LogP contribution < -0.4 is 14.9 Å². The fourth-order valence-corrected chi connectivity index (χ4v) is 5.27. The van der Waals surface area contributed by atoms with Crippen LogP contribution in [0.25, 0.3) is 17.0 Å². The summed E-state index contributed by atoms with van der Waals surface area (Å²) in [7, 11) is 0. The molecule has 33 heavy (non-hydrogen) atoms. The van der Waals surface area contributed by atoms with Gasteiger partial charge in [0.05, 0.1) is 28.5 Å². The van der Waals surface area contributed by atoms with Gasteiger partial charge in [-0.1, -0.05) is 53.3 Å². The van der Waals surface area contributed by atoms with E-state index in [1.54, 1.807) is 30.5 Å². The van der Waals surface area contributed by atoms with Crippen molar-refractivity contribution in [1.82, 2.24) is 9.55 Å². The molecule has 0 radical (unpaired) electrons. The van der Waals surface area contributed by atoms with Crippen molar-refractivity contribution in [2.24, 2.45) is 4.99 Å². The number of thiazole rings is 1. The van der Waals surface area contributed by atoms with Gasteiger partial charge in [0.2, 0.25) is 0 Å². The van der Waals surface area contributed by atoms with Crippen molar-refractivity contribution in [3.63, 3.8) is 0 Å². The van der Waals surface area contributed by atoms with Gasteiger partial charge in [0.1, 0.15) is 0 Å². The van der Waals surface area contributed by atoms with Gasteiger partial charge in [0, 0.05) is 27.7 Å². The molecule has 0 unspecified atom stereocenters. The second kappa shape index (κ2) is 8.50. The van der Waals surface area contributed by atoms with Gasteiger partial charge in [-0.25, -0.2) is 9.79 Å². The van der Waals surface area contributed by atoms with E-state index in [-0.39, 0.29) is 12.2 Å². The molecule has 3 heterocycles. The second-order valence-corrected chi connectivity index (χ2v) is 9.09. The van der Waals surface area contributed by atoms with Gasteiger partial charge < -0.3 is 9.72 Å². The number of carbonyl (C=O) groups is 1. The second-order valence-electron chi connectivity index (χ2n) is 7.64. The van der Waals surface area contributed by atoms with Crippen LogP contribution in [-0.4, -0.2) is 22.1 Å². The first-order valence-electron chi connectivity index (χ1n) is 10.5. The summed E-state index contributed by atoms with van der Waals surface area (Å²) in [4.78, 5) is 34.9. The van der Waals surface area contributed by atoms with Gasteiger partial charge in [-0.15, -0.1) is 0 Å². The van der Waals surface area contributed by atoms with Crippen LogP contribution in [0.1, 0.15) is 31.0 Å². The highest BCUT2D eigenvalue weighted by molar-refractivity contribution is 7.07. The largest absolute Gasteiger partial charge is 0.463 e. The Morgan fingerprint density at radius 1 is 1.24 bits per heavy atom. The summed E-state index contributed by atoms with van der Waals surface area (Å²) >= 11 is 7.40. The number of aromatic nitrogens is 2. The molecule has 2 aromatic carbocycles. The minimum absolute atomic E-state index is 0.210. The topological polar surface area (TPSA) is 76.4 Å². The van der Waals surface area contributed by atoms with Crippen LogP contribution in [0.4, 0.5) is 0 Å². The lowest BCUT2D eigenvalue weighted by Crippen LogP contribution is -2.39. The molecular formula is C25H20ClN3O3S. The van der Waals surface area contributed by atoms with Gasteiger partial charge in [0.25, 0.3) is 5.56 Å². The van der Waals surface area contributed by atoms with Crippen molar-refractivity contribution >= 4 is 45.9 Å². The highest BCUT2D eigenvalue weighted by Crippen LogP contribution is 2.31. The number of hydrogen-bond donors (Lipinski definition) is 1. The number of fused-ring (bicyclic) bond motifs is 2. The number of rotatable bonds is 4. The van der Waals surface area contributed by atoms with Crippen molar-refractivity contribution in [3.05, 3.63) is 102 Å². The quantitative estimate of drug-likeness (QED) is 0.452. The zero-order valence-electron chi connectivity index (χ0n) is 18.0. The predicted molar refractivity (Wildman–Crippen MR) is 130 cm³/mol. The Labute approximate surface area is 198 Å². The molecular weight excluding hydrogens is 458 g/mol. The highest BCUT2D eigenvalue weighted by Gasteiger charge is 2.33. The Kier molecular flexibility index (Phi) is 5.52. The number of carbonyl (C=O) groups excluding carboxylic acids is 1. The number of ether oxygens (including phenoxy) is 1. The number of H-pyrrole nitrogens is 1.